The van der Waals surface area contributed by atoms with Gasteiger partial charge in [0.05, 0.1) is 6.04 Å². The van der Waals surface area contributed by atoms with E-state index in [1.807, 2.05) is 0 Å². The molecule has 2 heterocycles. The number of rotatable bonds is 1. The van der Waals surface area contributed by atoms with E-state index >= 15 is 0 Å². The Morgan fingerprint density at radius 1 is 1.37 bits per heavy atom. The Hall–Kier alpha value is -0.830. The molecule has 3 heteroatoms. The summed E-state index contributed by atoms with van der Waals surface area (Å²) in [6.45, 7) is 9.19. The number of nitrogens with zero attached hydrogens (tertiary/aromatic N) is 2. The first-order valence-electron chi connectivity index (χ1n) is 8.00. The molecule has 1 aliphatic carbocycles. The Balaban J connectivity index is 1.78. The molecule has 0 aromatic heterocycles. The van der Waals surface area contributed by atoms with Crippen molar-refractivity contribution >= 4 is 5.84 Å². The Morgan fingerprint density at radius 3 is 2.89 bits per heavy atom. The van der Waals surface area contributed by atoms with Gasteiger partial charge in [0.25, 0.3) is 0 Å². The van der Waals surface area contributed by atoms with Gasteiger partial charge in [-0.05, 0) is 30.3 Å². The second-order valence-electron chi connectivity index (χ2n) is 6.35. The van der Waals surface area contributed by atoms with E-state index < -0.39 is 0 Å². The van der Waals surface area contributed by atoms with Crippen LogP contribution in [0.5, 0.6) is 0 Å². The van der Waals surface area contributed by atoms with E-state index in [0.717, 1.165) is 38.5 Å². The second kappa shape index (κ2) is 5.66. The average Bonchev–Trinajstić information content (AvgIpc) is 2.47. The first-order chi connectivity index (χ1) is 9.28. The van der Waals surface area contributed by atoms with Gasteiger partial charge in [-0.1, -0.05) is 26.3 Å². The number of aliphatic imine (C=N–C) groups is 1. The molecule has 3 nitrogen and oxygen atoms in total. The zero-order chi connectivity index (χ0) is 13.2. The summed E-state index contributed by atoms with van der Waals surface area (Å²) in [6.07, 6.45) is 7.52. The molecule has 0 saturated carbocycles. The van der Waals surface area contributed by atoms with Crippen molar-refractivity contribution in [2.75, 3.05) is 26.2 Å². The number of piperazine rings is 1. The van der Waals surface area contributed by atoms with Gasteiger partial charge in [0, 0.05) is 32.6 Å². The third-order valence-corrected chi connectivity index (χ3v) is 5.05. The Labute approximate surface area is 117 Å². The van der Waals surface area contributed by atoms with Gasteiger partial charge in [-0.3, -0.25) is 4.99 Å². The fraction of sp³-hybridized carbons (Fsp3) is 0.812. The summed E-state index contributed by atoms with van der Waals surface area (Å²) in [6, 6.07) is 0.493. The molecule has 1 saturated heterocycles. The minimum Gasteiger partial charge on any atom is -0.358 e. The summed E-state index contributed by atoms with van der Waals surface area (Å²) in [4.78, 5) is 7.64. The topological polar surface area (TPSA) is 27.6 Å². The number of amidine groups is 1. The number of nitrogens with one attached hydrogen (secondary N) is 1. The van der Waals surface area contributed by atoms with Crippen LogP contribution in [0, 0.1) is 11.8 Å². The van der Waals surface area contributed by atoms with E-state index in [1.54, 1.807) is 5.57 Å². The highest BCUT2D eigenvalue weighted by Gasteiger charge is 2.32. The molecule has 3 atom stereocenters. The van der Waals surface area contributed by atoms with Crippen LogP contribution in [0.2, 0.25) is 0 Å². The van der Waals surface area contributed by atoms with Crippen LogP contribution >= 0.6 is 0 Å². The van der Waals surface area contributed by atoms with Gasteiger partial charge in [0.1, 0.15) is 5.84 Å². The van der Waals surface area contributed by atoms with Crippen LogP contribution in [0.15, 0.2) is 16.6 Å². The van der Waals surface area contributed by atoms with Gasteiger partial charge >= 0.3 is 0 Å². The molecule has 0 aromatic carbocycles. The second-order valence-corrected chi connectivity index (χ2v) is 6.35. The van der Waals surface area contributed by atoms with Crippen molar-refractivity contribution < 1.29 is 0 Å². The van der Waals surface area contributed by atoms with Crippen molar-refractivity contribution in [3.05, 3.63) is 11.6 Å². The first-order valence-corrected chi connectivity index (χ1v) is 8.00. The Bertz CT molecular complexity index is 379. The van der Waals surface area contributed by atoms with Gasteiger partial charge < -0.3 is 10.2 Å². The molecule has 3 rings (SSSR count). The smallest absolute Gasteiger partial charge is 0.100 e. The summed E-state index contributed by atoms with van der Waals surface area (Å²) in [5.74, 6) is 2.94. The lowest BCUT2D eigenvalue weighted by Gasteiger charge is -2.39. The lowest BCUT2D eigenvalue weighted by Crippen LogP contribution is -2.48. The molecule has 0 spiro atoms. The maximum absolute atomic E-state index is 5.12. The predicted molar refractivity (Wildman–Crippen MR) is 80.5 cm³/mol. The molecule has 3 unspecified atom stereocenters. The van der Waals surface area contributed by atoms with Crippen LogP contribution in [0.4, 0.5) is 0 Å². The van der Waals surface area contributed by atoms with Crippen LogP contribution in [0.25, 0.3) is 0 Å². The molecular weight excluding hydrogens is 234 g/mol. The molecular formula is C16H27N3. The van der Waals surface area contributed by atoms with E-state index in [-0.39, 0.29) is 0 Å². The number of allylic oxidation sites excluding steroid dienone is 1. The largest absolute Gasteiger partial charge is 0.358 e. The lowest BCUT2D eigenvalue weighted by atomic mass is 9.77. The number of fused-ring (bicyclic) bond motifs is 1. The minimum atomic E-state index is 0.493. The number of hydrogen-bond donors (Lipinski definition) is 1. The zero-order valence-electron chi connectivity index (χ0n) is 12.4. The summed E-state index contributed by atoms with van der Waals surface area (Å²) in [7, 11) is 0. The molecule has 19 heavy (non-hydrogen) atoms. The van der Waals surface area contributed by atoms with Crippen molar-refractivity contribution in [3.63, 3.8) is 0 Å². The van der Waals surface area contributed by atoms with Crippen molar-refractivity contribution in [1.29, 1.82) is 0 Å². The van der Waals surface area contributed by atoms with E-state index in [0.29, 0.717) is 12.0 Å². The van der Waals surface area contributed by atoms with E-state index in [2.05, 4.69) is 30.1 Å². The third-order valence-electron chi connectivity index (χ3n) is 5.05. The highest BCUT2D eigenvalue weighted by atomic mass is 15.2. The Kier molecular flexibility index (Phi) is 3.92. The van der Waals surface area contributed by atoms with Gasteiger partial charge in [-0.15, -0.1) is 0 Å². The van der Waals surface area contributed by atoms with Crippen molar-refractivity contribution in [2.24, 2.45) is 16.8 Å². The van der Waals surface area contributed by atoms with E-state index in [1.165, 1.54) is 25.1 Å². The molecule has 0 radical (unpaired) electrons. The van der Waals surface area contributed by atoms with Crippen molar-refractivity contribution in [3.8, 4) is 0 Å². The molecule has 0 amide bonds. The van der Waals surface area contributed by atoms with Gasteiger partial charge in [0.15, 0.2) is 0 Å². The van der Waals surface area contributed by atoms with Crippen LogP contribution in [0.1, 0.15) is 39.5 Å². The van der Waals surface area contributed by atoms with Gasteiger partial charge in [-0.25, -0.2) is 0 Å². The van der Waals surface area contributed by atoms with Crippen LogP contribution in [0.3, 0.4) is 0 Å². The first kappa shape index (κ1) is 13.2. The molecule has 0 bridgehead atoms. The van der Waals surface area contributed by atoms with Gasteiger partial charge in [0.2, 0.25) is 0 Å². The molecule has 3 aliphatic rings. The summed E-state index contributed by atoms with van der Waals surface area (Å²) in [5, 5.41) is 3.43. The fourth-order valence-corrected chi connectivity index (χ4v) is 3.74. The Morgan fingerprint density at radius 2 is 2.16 bits per heavy atom. The fourth-order valence-electron chi connectivity index (χ4n) is 3.74. The van der Waals surface area contributed by atoms with Crippen LogP contribution < -0.4 is 5.32 Å². The van der Waals surface area contributed by atoms with E-state index in [4.69, 9.17) is 4.99 Å². The molecule has 106 valence electrons. The summed E-state index contributed by atoms with van der Waals surface area (Å²) in [5.41, 5.74) is 1.63. The SMILES string of the molecule is CCC1CC=C2C(C)CC(N3CCNCC3)=NC2C1. The minimum absolute atomic E-state index is 0.493. The predicted octanol–water partition coefficient (Wildman–Crippen LogP) is 2.44. The highest BCUT2D eigenvalue weighted by molar-refractivity contribution is 5.84. The quantitative estimate of drug-likeness (QED) is 0.734. The lowest BCUT2D eigenvalue weighted by molar-refractivity contribution is 0.330. The summed E-state index contributed by atoms with van der Waals surface area (Å²) >= 11 is 0. The molecule has 1 N–H and O–H groups in total. The van der Waals surface area contributed by atoms with Crippen molar-refractivity contribution in [2.45, 2.75) is 45.6 Å². The third kappa shape index (κ3) is 2.71. The monoisotopic (exact) mass is 261 g/mol. The maximum atomic E-state index is 5.12. The van der Waals surface area contributed by atoms with E-state index in [9.17, 15) is 0 Å². The van der Waals surface area contributed by atoms with Gasteiger partial charge in [-0.2, -0.15) is 0 Å². The maximum Gasteiger partial charge on any atom is 0.100 e. The summed E-state index contributed by atoms with van der Waals surface area (Å²) < 4.78 is 0. The van der Waals surface area contributed by atoms with Crippen molar-refractivity contribution in [1.82, 2.24) is 10.2 Å². The normalized spacial score (nSPS) is 35.5. The molecule has 1 fully saturated rings. The van der Waals surface area contributed by atoms with Crippen LogP contribution in [-0.2, 0) is 0 Å². The zero-order valence-corrected chi connectivity index (χ0v) is 12.4. The molecule has 0 aromatic rings. The van der Waals surface area contributed by atoms with Crippen LogP contribution in [-0.4, -0.2) is 43.0 Å². The standard InChI is InChI=1S/C16H27N3/c1-3-13-4-5-14-12(2)10-16(18-15(14)11-13)19-8-6-17-7-9-19/h5,12-13,15,17H,3-4,6-11H2,1-2H3. The molecule has 2 aliphatic heterocycles. The highest BCUT2D eigenvalue weighted by Crippen LogP contribution is 2.37. The number of hydrogen-bond acceptors (Lipinski definition) is 3. The average molecular weight is 261 g/mol.